The van der Waals surface area contributed by atoms with Gasteiger partial charge in [0.25, 0.3) is 5.91 Å². The standard InChI is InChI=1S/C16H18Cl3NO4/c1-9(16(22)20-10-4-2-3-5-10)24-15(21)8-23-14-7-12(18)11(17)6-13(14)19/h6-7,9-10H,2-5,8H2,1H3,(H,20,22)/t9-/m0/s1. The summed E-state index contributed by atoms with van der Waals surface area (Å²) in [4.78, 5) is 23.8. The Morgan fingerprint density at radius 3 is 2.46 bits per heavy atom. The third-order valence-electron chi connectivity index (χ3n) is 3.70. The van der Waals surface area contributed by atoms with Gasteiger partial charge in [0.15, 0.2) is 12.7 Å². The molecule has 1 saturated carbocycles. The van der Waals surface area contributed by atoms with Gasteiger partial charge in [-0.1, -0.05) is 47.6 Å². The molecule has 1 fully saturated rings. The third kappa shape index (κ3) is 5.43. The van der Waals surface area contributed by atoms with Crippen LogP contribution in [0.3, 0.4) is 0 Å². The third-order valence-corrected chi connectivity index (χ3v) is 4.72. The van der Waals surface area contributed by atoms with E-state index in [0.29, 0.717) is 0 Å². The highest BCUT2D eigenvalue weighted by molar-refractivity contribution is 6.43. The molecule has 0 bridgehead atoms. The van der Waals surface area contributed by atoms with E-state index in [2.05, 4.69) is 5.32 Å². The first-order valence-corrected chi connectivity index (χ1v) is 8.77. The molecular weight excluding hydrogens is 377 g/mol. The number of hydrogen-bond acceptors (Lipinski definition) is 4. The molecule has 0 heterocycles. The summed E-state index contributed by atoms with van der Waals surface area (Å²) in [6.45, 7) is 1.13. The summed E-state index contributed by atoms with van der Waals surface area (Å²) >= 11 is 17.6. The molecule has 1 aromatic carbocycles. The van der Waals surface area contributed by atoms with E-state index < -0.39 is 18.7 Å². The number of nitrogens with one attached hydrogen (secondary N) is 1. The van der Waals surface area contributed by atoms with E-state index in [4.69, 9.17) is 44.3 Å². The molecule has 5 nitrogen and oxygen atoms in total. The maximum absolute atomic E-state index is 12.0. The van der Waals surface area contributed by atoms with Crippen molar-refractivity contribution in [1.82, 2.24) is 5.32 Å². The number of hydrogen-bond donors (Lipinski definition) is 1. The van der Waals surface area contributed by atoms with Crippen LogP contribution < -0.4 is 10.1 Å². The fourth-order valence-electron chi connectivity index (χ4n) is 2.42. The lowest BCUT2D eigenvalue weighted by Crippen LogP contribution is -2.41. The van der Waals surface area contributed by atoms with Crippen LogP contribution in [0.5, 0.6) is 5.75 Å². The van der Waals surface area contributed by atoms with E-state index in [1.165, 1.54) is 19.1 Å². The minimum absolute atomic E-state index is 0.171. The number of carbonyl (C=O) groups is 2. The van der Waals surface area contributed by atoms with Crippen molar-refractivity contribution >= 4 is 46.7 Å². The molecule has 1 atom stereocenters. The predicted octanol–water partition coefficient (Wildman–Crippen LogP) is 4.02. The zero-order chi connectivity index (χ0) is 17.7. The smallest absolute Gasteiger partial charge is 0.344 e. The van der Waals surface area contributed by atoms with E-state index in [-0.39, 0.29) is 32.8 Å². The maximum Gasteiger partial charge on any atom is 0.344 e. The van der Waals surface area contributed by atoms with Crippen molar-refractivity contribution in [2.75, 3.05) is 6.61 Å². The molecule has 2 rings (SSSR count). The van der Waals surface area contributed by atoms with Gasteiger partial charge in [-0.05, 0) is 25.8 Å². The zero-order valence-electron chi connectivity index (χ0n) is 13.1. The first-order valence-electron chi connectivity index (χ1n) is 7.64. The number of rotatable bonds is 6. The van der Waals surface area contributed by atoms with Gasteiger partial charge in [-0.25, -0.2) is 4.79 Å². The highest BCUT2D eigenvalue weighted by atomic mass is 35.5. The normalized spacial score (nSPS) is 15.8. The number of halogens is 3. The average Bonchev–Trinajstić information content (AvgIpc) is 3.02. The first kappa shape index (κ1) is 19.2. The van der Waals surface area contributed by atoms with E-state index in [1.54, 1.807) is 0 Å². The zero-order valence-corrected chi connectivity index (χ0v) is 15.4. The van der Waals surface area contributed by atoms with Gasteiger partial charge in [0.2, 0.25) is 0 Å². The second-order valence-corrected chi connectivity index (χ2v) is 6.83. The monoisotopic (exact) mass is 393 g/mol. The first-order chi connectivity index (χ1) is 11.4. The van der Waals surface area contributed by atoms with Crippen LogP contribution >= 0.6 is 34.8 Å². The van der Waals surface area contributed by atoms with Crippen LogP contribution in [0.1, 0.15) is 32.6 Å². The van der Waals surface area contributed by atoms with E-state index >= 15 is 0 Å². The van der Waals surface area contributed by atoms with Crippen molar-refractivity contribution in [3.63, 3.8) is 0 Å². The number of carbonyl (C=O) groups excluding carboxylic acids is 2. The Kier molecular flexibility index (Phi) is 7.02. The van der Waals surface area contributed by atoms with Crippen molar-refractivity contribution in [3.05, 3.63) is 27.2 Å². The molecule has 0 radical (unpaired) electrons. The van der Waals surface area contributed by atoms with Crippen LogP contribution in [0.15, 0.2) is 12.1 Å². The predicted molar refractivity (Wildman–Crippen MR) is 92.9 cm³/mol. The van der Waals surface area contributed by atoms with Crippen LogP contribution in [0, 0.1) is 0 Å². The number of amides is 1. The molecule has 1 amide bonds. The van der Waals surface area contributed by atoms with Crippen LogP contribution in [0.25, 0.3) is 0 Å². The Hall–Kier alpha value is -1.17. The Morgan fingerprint density at radius 2 is 1.79 bits per heavy atom. The van der Waals surface area contributed by atoms with Crippen molar-refractivity contribution in [2.45, 2.75) is 44.8 Å². The minimum atomic E-state index is -0.883. The molecule has 1 aliphatic carbocycles. The van der Waals surface area contributed by atoms with Crippen LogP contribution in [0.2, 0.25) is 15.1 Å². The number of ether oxygens (including phenoxy) is 2. The summed E-state index contributed by atoms with van der Waals surface area (Å²) in [5, 5.41) is 3.64. The molecule has 1 aliphatic rings. The van der Waals surface area contributed by atoms with E-state index in [9.17, 15) is 9.59 Å². The Balaban J connectivity index is 1.80. The van der Waals surface area contributed by atoms with Gasteiger partial charge in [0.05, 0.1) is 15.1 Å². The van der Waals surface area contributed by atoms with Gasteiger partial charge in [-0.15, -0.1) is 0 Å². The summed E-state index contributed by atoms with van der Waals surface area (Å²) in [6.07, 6.45) is 3.26. The fourth-order valence-corrected chi connectivity index (χ4v) is 3.02. The van der Waals surface area contributed by atoms with Gasteiger partial charge in [-0.2, -0.15) is 0 Å². The lowest BCUT2D eigenvalue weighted by Gasteiger charge is -2.17. The van der Waals surface area contributed by atoms with Crippen LogP contribution in [-0.2, 0) is 14.3 Å². The topological polar surface area (TPSA) is 64.6 Å². The molecule has 132 valence electrons. The Labute approximate surface area is 155 Å². The van der Waals surface area contributed by atoms with Crippen LogP contribution in [-0.4, -0.2) is 30.6 Å². The number of benzene rings is 1. The molecule has 24 heavy (non-hydrogen) atoms. The van der Waals surface area contributed by atoms with Gasteiger partial charge in [0, 0.05) is 12.1 Å². The molecule has 0 aromatic heterocycles. The quantitative estimate of drug-likeness (QED) is 0.585. The van der Waals surface area contributed by atoms with Crippen molar-refractivity contribution < 1.29 is 19.1 Å². The van der Waals surface area contributed by atoms with Crippen molar-refractivity contribution in [3.8, 4) is 5.75 Å². The lowest BCUT2D eigenvalue weighted by atomic mass is 10.2. The van der Waals surface area contributed by atoms with Gasteiger partial charge in [-0.3, -0.25) is 4.79 Å². The summed E-state index contributed by atoms with van der Waals surface area (Å²) in [5.74, 6) is -0.764. The fraction of sp³-hybridized carbons (Fsp3) is 0.500. The molecule has 0 aliphatic heterocycles. The molecular formula is C16H18Cl3NO4. The highest BCUT2D eigenvalue weighted by Gasteiger charge is 2.23. The summed E-state index contributed by atoms with van der Waals surface area (Å²) in [7, 11) is 0. The van der Waals surface area contributed by atoms with Crippen LogP contribution in [0.4, 0.5) is 0 Å². The summed E-state index contributed by atoms with van der Waals surface area (Å²) in [6, 6.07) is 3.00. The lowest BCUT2D eigenvalue weighted by molar-refractivity contribution is -0.156. The SMILES string of the molecule is C[C@H](OC(=O)COc1cc(Cl)c(Cl)cc1Cl)C(=O)NC1CCCC1. The van der Waals surface area contributed by atoms with Crippen molar-refractivity contribution in [2.24, 2.45) is 0 Å². The molecule has 1 N–H and O–H groups in total. The van der Waals surface area contributed by atoms with Gasteiger partial charge in [0.1, 0.15) is 5.75 Å². The Morgan fingerprint density at radius 1 is 1.17 bits per heavy atom. The van der Waals surface area contributed by atoms with Crippen molar-refractivity contribution in [1.29, 1.82) is 0 Å². The molecule has 0 saturated heterocycles. The number of esters is 1. The molecule has 0 unspecified atom stereocenters. The highest BCUT2D eigenvalue weighted by Crippen LogP contribution is 2.33. The largest absolute Gasteiger partial charge is 0.480 e. The molecule has 1 aromatic rings. The van der Waals surface area contributed by atoms with Gasteiger partial charge >= 0.3 is 5.97 Å². The minimum Gasteiger partial charge on any atom is -0.480 e. The summed E-state index contributed by atoms with van der Waals surface area (Å²) < 4.78 is 10.3. The molecule has 0 spiro atoms. The Bertz CT molecular complexity index is 618. The van der Waals surface area contributed by atoms with E-state index in [0.717, 1.165) is 25.7 Å². The summed E-state index contributed by atoms with van der Waals surface area (Å²) in [5.41, 5.74) is 0. The van der Waals surface area contributed by atoms with E-state index in [1.807, 2.05) is 0 Å². The van der Waals surface area contributed by atoms with Gasteiger partial charge < -0.3 is 14.8 Å². The second kappa shape index (κ2) is 8.79. The average molecular weight is 395 g/mol. The maximum atomic E-state index is 12.0. The molecule has 8 heteroatoms. The second-order valence-electron chi connectivity index (χ2n) is 5.61.